The summed E-state index contributed by atoms with van der Waals surface area (Å²) in [7, 11) is 3.31. The standard InChI is InChI=1S/C20H26N2O5/c1-21-14-20(27-19(21)25)10-3-12-22(13-11-20)18(24)9-8-17(23)15-4-6-16(26-2)7-5-15/h4-7H,3,8-14H2,1-2H3/t20-/m1/s1. The zero-order valence-electron chi connectivity index (χ0n) is 15.9. The molecule has 146 valence electrons. The number of hydrogen-bond acceptors (Lipinski definition) is 5. The molecule has 2 fully saturated rings. The second-order valence-corrected chi connectivity index (χ2v) is 7.29. The predicted octanol–water partition coefficient (Wildman–Crippen LogP) is 2.49. The molecule has 0 unspecified atom stereocenters. The molecule has 2 aliphatic rings. The number of rotatable bonds is 5. The minimum atomic E-state index is -0.472. The number of carbonyl (C=O) groups is 3. The van der Waals surface area contributed by atoms with E-state index in [1.807, 2.05) is 0 Å². The molecule has 0 bridgehead atoms. The van der Waals surface area contributed by atoms with Gasteiger partial charge in [0, 0.05) is 45.0 Å². The summed E-state index contributed by atoms with van der Waals surface area (Å²) in [5.74, 6) is 0.620. The van der Waals surface area contributed by atoms with Gasteiger partial charge in [-0.3, -0.25) is 9.59 Å². The Kier molecular flexibility index (Phi) is 5.68. The maximum absolute atomic E-state index is 12.6. The van der Waals surface area contributed by atoms with Crippen molar-refractivity contribution in [2.75, 3.05) is 33.8 Å². The van der Waals surface area contributed by atoms with E-state index in [0.717, 1.165) is 12.8 Å². The van der Waals surface area contributed by atoms with Crippen LogP contribution in [-0.4, -0.2) is 67.0 Å². The lowest BCUT2D eigenvalue weighted by molar-refractivity contribution is -0.131. The van der Waals surface area contributed by atoms with Crippen molar-refractivity contribution in [1.29, 1.82) is 0 Å². The average molecular weight is 374 g/mol. The van der Waals surface area contributed by atoms with Crippen molar-refractivity contribution in [3.8, 4) is 5.75 Å². The number of ketones is 1. The molecule has 0 radical (unpaired) electrons. The molecule has 2 heterocycles. The molecule has 1 aromatic rings. The van der Waals surface area contributed by atoms with Crippen molar-refractivity contribution >= 4 is 17.8 Å². The largest absolute Gasteiger partial charge is 0.497 e. The molecule has 2 aliphatic heterocycles. The van der Waals surface area contributed by atoms with Crippen LogP contribution in [0.1, 0.15) is 42.5 Å². The van der Waals surface area contributed by atoms with Crippen LogP contribution in [0.4, 0.5) is 4.79 Å². The zero-order valence-corrected chi connectivity index (χ0v) is 15.9. The lowest BCUT2D eigenvalue weighted by atomic mass is 9.95. The lowest BCUT2D eigenvalue weighted by Gasteiger charge is -2.25. The normalized spacial score (nSPS) is 22.5. The summed E-state index contributed by atoms with van der Waals surface area (Å²) in [5, 5.41) is 0. The van der Waals surface area contributed by atoms with Crippen LogP contribution in [0, 0.1) is 0 Å². The highest BCUT2D eigenvalue weighted by Gasteiger charge is 2.44. The first-order valence-corrected chi connectivity index (χ1v) is 9.32. The highest BCUT2D eigenvalue weighted by Crippen LogP contribution is 2.32. The molecule has 1 spiro atoms. The Balaban J connectivity index is 1.51. The summed E-state index contributed by atoms with van der Waals surface area (Å²) in [5.41, 5.74) is 0.110. The Morgan fingerprint density at radius 1 is 1.15 bits per heavy atom. The van der Waals surface area contributed by atoms with Crippen LogP contribution >= 0.6 is 0 Å². The van der Waals surface area contributed by atoms with E-state index in [4.69, 9.17) is 9.47 Å². The Morgan fingerprint density at radius 2 is 1.89 bits per heavy atom. The molecular weight excluding hydrogens is 348 g/mol. The third-order valence-corrected chi connectivity index (χ3v) is 5.37. The summed E-state index contributed by atoms with van der Waals surface area (Å²) < 4.78 is 10.7. The second-order valence-electron chi connectivity index (χ2n) is 7.29. The maximum Gasteiger partial charge on any atom is 0.410 e. The van der Waals surface area contributed by atoms with E-state index >= 15 is 0 Å². The van der Waals surface area contributed by atoms with Crippen molar-refractivity contribution in [2.45, 2.75) is 37.7 Å². The van der Waals surface area contributed by atoms with Crippen LogP contribution in [-0.2, 0) is 9.53 Å². The van der Waals surface area contributed by atoms with E-state index in [9.17, 15) is 14.4 Å². The highest BCUT2D eigenvalue weighted by molar-refractivity contribution is 5.98. The molecule has 1 aromatic carbocycles. The molecule has 1 atom stereocenters. The van der Waals surface area contributed by atoms with Crippen LogP contribution in [0.15, 0.2) is 24.3 Å². The molecule has 0 aromatic heterocycles. The summed E-state index contributed by atoms with van der Waals surface area (Å²) >= 11 is 0. The molecule has 0 aliphatic carbocycles. The van der Waals surface area contributed by atoms with Crippen LogP contribution in [0.2, 0.25) is 0 Å². The SMILES string of the molecule is COc1ccc(C(=O)CCC(=O)N2CCC[C@@]3(CC2)CN(C)C(=O)O3)cc1. The minimum Gasteiger partial charge on any atom is -0.497 e. The quantitative estimate of drug-likeness (QED) is 0.740. The van der Waals surface area contributed by atoms with E-state index in [1.54, 1.807) is 48.2 Å². The first-order chi connectivity index (χ1) is 12.9. The summed E-state index contributed by atoms with van der Waals surface area (Å²) in [6.07, 6.45) is 2.28. The number of hydrogen-bond donors (Lipinski definition) is 0. The molecule has 2 saturated heterocycles. The van der Waals surface area contributed by atoms with Crippen molar-refractivity contribution in [3.05, 3.63) is 29.8 Å². The number of likely N-dealkylation sites (N-methyl/N-ethyl adjacent to an activating group) is 1. The van der Waals surface area contributed by atoms with Gasteiger partial charge in [0.1, 0.15) is 11.4 Å². The van der Waals surface area contributed by atoms with E-state index in [-0.39, 0.29) is 30.6 Å². The van der Waals surface area contributed by atoms with Gasteiger partial charge in [0.05, 0.1) is 13.7 Å². The molecule has 0 N–H and O–H groups in total. The van der Waals surface area contributed by atoms with Gasteiger partial charge in [-0.05, 0) is 37.1 Å². The van der Waals surface area contributed by atoms with E-state index < -0.39 is 5.60 Å². The van der Waals surface area contributed by atoms with E-state index in [2.05, 4.69) is 0 Å². The smallest absolute Gasteiger partial charge is 0.410 e. The van der Waals surface area contributed by atoms with Gasteiger partial charge in [-0.2, -0.15) is 0 Å². The highest BCUT2D eigenvalue weighted by atomic mass is 16.6. The van der Waals surface area contributed by atoms with Gasteiger partial charge in [-0.25, -0.2) is 4.79 Å². The third-order valence-electron chi connectivity index (χ3n) is 5.37. The molecule has 0 saturated carbocycles. The van der Waals surface area contributed by atoms with Crippen molar-refractivity contribution in [2.24, 2.45) is 0 Å². The fourth-order valence-corrected chi connectivity index (χ4v) is 3.77. The maximum atomic E-state index is 12.6. The first kappa shape index (κ1) is 19.2. The zero-order chi connectivity index (χ0) is 19.4. The van der Waals surface area contributed by atoms with Crippen LogP contribution in [0.3, 0.4) is 0 Å². The molecule has 7 heteroatoms. The molecule has 2 amide bonds. The Bertz CT molecular complexity index is 718. The van der Waals surface area contributed by atoms with Gasteiger partial charge in [0.2, 0.25) is 5.91 Å². The minimum absolute atomic E-state index is 0.0217. The number of benzene rings is 1. The number of nitrogens with zero attached hydrogens (tertiary/aromatic N) is 2. The lowest BCUT2D eigenvalue weighted by Crippen LogP contribution is -2.36. The molecule has 3 rings (SSSR count). The summed E-state index contributed by atoms with van der Waals surface area (Å²) in [4.78, 5) is 39.9. The van der Waals surface area contributed by atoms with Gasteiger partial charge in [-0.15, -0.1) is 0 Å². The molecule has 7 nitrogen and oxygen atoms in total. The number of carbonyl (C=O) groups excluding carboxylic acids is 3. The van der Waals surface area contributed by atoms with E-state index in [0.29, 0.717) is 37.4 Å². The van der Waals surface area contributed by atoms with Crippen molar-refractivity contribution < 1.29 is 23.9 Å². The van der Waals surface area contributed by atoms with Gasteiger partial charge >= 0.3 is 6.09 Å². The number of amides is 2. The summed E-state index contributed by atoms with van der Waals surface area (Å²) in [6, 6.07) is 6.91. The predicted molar refractivity (Wildman–Crippen MR) is 98.8 cm³/mol. The van der Waals surface area contributed by atoms with E-state index in [1.165, 1.54) is 0 Å². The molecular formula is C20H26N2O5. The number of Topliss-reactive ketones (excluding diaryl/α,β-unsaturated/α-hetero) is 1. The van der Waals surface area contributed by atoms with Crippen molar-refractivity contribution in [3.63, 3.8) is 0 Å². The fraction of sp³-hybridized carbons (Fsp3) is 0.550. The van der Waals surface area contributed by atoms with Crippen LogP contribution in [0.5, 0.6) is 5.75 Å². The fourth-order valence-electron chi connectivity index (χ4n) is 3.77. The Hall–Kier alpha value is -2.57. The van der Waals surface area contributed by atoms with Gasteiger partial charge in [0.25, 0.3) is 0 Å². The van der Waals surface area contributed by atoms with Gasteiger partial charge < -0.3 is 19.3 Å². The van der Waals surface area contributed by atoms with Crippen molar-refractivity contribution in [1.82, 2.24) is 9.80 Å². The second kappa shape index (κ2) is 7.98. The average Bonchev–Trinajstić information content (AvgIpc) is 2.83. The first-order valence-electron chi connectivity index (χ1n) is 9.32. The van der Waals surface area contributed by atoms with Crippen LogP contribution in [0.25, 0.3) is 0 Å². The topological polar surface area (TPSA) is 76.2 Å². The molecule has 27 heavy (non-hydrogen) atoms. The number of methoxy groups -OCH3 is 1. The van der Waals surface area contributed by atoms with Gasteiger partial charge in [0.15, 0.2) is 5.78 Å². The Labute approximate surface area is 159 Å². The third kappa shape index (κ3) is 4.40. The van der Waals surface area contributed by atoms with Gasteiger partial charge in [-0.1, -0.05) is 0 Å². The Morgan fingerprint density at radius 3 is 2.52 bits per heavy atom. The monoisotopic (exact) mass is 374 g/mol. The van der Waals surface area contributed by atoms with Crippen LogP contribution < -0.4 is 4.74 Å². The summed E-state index contributed by atoms with van der Waals surface area (Å²) in [6.45, 7) is 1.76. The number of likely N-dealkylation sites (tertiary alicyclic amines) is 1. The number of ether oxygens (including phenoxy) is 2.